The van der Waals surface area contributed by atoms with Gasteiger partial charge in [-0.2, -0.15) is 0 Å². The minimum atomic E-state index is -0.914. The molecule has 0 unspecified atom stereocenters. The fourth-order valence-electron chi connectivity index (χ4n) is 2.81. The summed E-state index contributed by atoms with van der Waals surface area (Å²) in [5, 5.41) is 0. The van der Waals surface area contributed by atoms with E-state index in [1.165, 1.54) is 0 Å². The first-order chi connectivity index (χ1) is 8.77. The summed E-state index contributed by atoms with van der Waals surface area (Å²) in [5.41, 5.74) is -1.43. The van der Waals surface area contributed by atoms with Crippen LogP contribution in [0.15, 0.2) is 0 Å². The van der Waals surface area contributed by atoms with Crippen LogP contribution in [0.25, 0.3) is 0 Å². The third-order valence-electron chi connectivity index (χ3n) is 3.57. The molecule has 5 heteroatoms. The molecule has 0 aliphatic carbocycles. The number of hydrogen-bond donors (Lipinski definition) is 0. The molecule has 0 N–H and O–H groups in total. The fourth-order valence-corrected chi connectivity index (χ4v) is 2.81. The summed E-state index contributed by atoms with van der Waals surface area (Å²) in [4.78, 5) is 24.1. The van der Waals surface area contributed by atoms with Crippen LogP contribution in [0.1, 0.15) is 47.0 Å². The highest BCUT2D eigenvalue weighted by Gasteiger charge is 2.60. The molecule has 0 aromatic rings. The highest BCUT2D eigenvalue weighted by molar-refractivity contribution is 5.83. The standard InChI is InChI=1S/C14H22O5/c1-5-17-12(16)14-7-6-10(18-14)9(8-14)11(15)19-13(2,3)4/h9-10H,5-8H2,1-4H3/t9-,10+,14-/m0/s1. The van der Waals surface area contributed by atoms with Crippen molar-refractivity contribution >= 4 is 11.9 Å². The zero-order chi connectivity index (χ0) is 14.3. The molecule has 108 valence electrons. The average molecular weight is 270 g/mol. The Hall–Kier alpha value is -1.10. The summed E-state index contributed by atoms with van der Waals surface area (Å²) in [5.74, 6) is -0.968. The van der Waals surface area contributed by atoms with Gasteiger partial charge in [-0.25, -0.2) is 4.79 Å². The Kier molecular flexibility index (Phi) is 3.60. The number of carbonyl (C=O) groups is 2. The second kappa shape index (κ2) is 4.78. The Labute approximate surface area is 113 Å². The Bertz CT molecular complexity index is 384. The van der Waals surface area contributed by atoms with Crippen LogP contribution in [0.2, 0.25) is 0 Å². The second-order valence-corrected chi connectivity index (χ2v) is 6.25. The van der Waals surface area contributed by atoms with Crippen molar-refractivity contribution in [1.82, 2.24) is 0 Å². The normalized spacial score (nSPS) is 33.3. The van der Waals surface area contributed by atoms with E-state index < -0.39 is 11.2 Å². The molecule has 2 bridgehead atoms. The molecule has 3 atom stereocenters. The summed E-state index contributed by atoms with van der Waals surface area (Å²) >= 11 is 0. The number of fused-ring (bicyclic) bond motifs is 2. The van der Waals surface area contributed by atoms with E-state index >= 15 is 0 Å². The van der Waals surface area contributed by atoms with E-state index in [1.54, 1.807) is 6.92 Å². The molecule has 0 spiro atoms. The maximum Gasteiger partial charge on any atom is 0.338 e. The molecule has 2 rings (SSSR count). The van der Waals surface area contributed by atoms with Crippen molar-refractivity contribution in [1.29, 1.82) is 0 Å². The lowest BCUT2D eigenvalue weighted by Gasteiger charge is -2.26. The van der Waals surface area contributed by atoms with Gasteiger partial charge in [-0.15, -0.1) is 0 Å². The molecule has 19 heavy (non-hydrogen) atoms. The van der Waals surface area contributed by atoms with Gasteiger partial charge in [0.05, 0.1) is 18.6 Å². The molecule has 2 fully saturated rings. The van der Waals surface area contributed by atoms with E-state index in [1.807, 2.05) is 20.8 Å². The van der Waals surface area contributed by atoms with Gasteiger partial charge in [0.1, 0.15) is 5.60 Å². The summed E-state index contributed by atoms with van der Waals surface area (Å²) in [7, 11) is 0. The maximum absolute atomic E-state index is 12.1. The smallest absolute Gasteiger partial charge is 0.338 e. The van der Waals surface area contributed by atoms with Gasteiger partial charge in [0.2, 0.25) is 0 Å². The Morgan fingerprint density at radius 3 is 2.63 bits per heavy atom. The van der Waals surface area contributed by atoms with Gasteiger partial charge in [0.15, 0.2) is 5.60 Å². The summed E-state index contributed by atoms with van der Waals surface area (Å²) in [6.45, 7) is 7.59. The van der Waals surface area contributed by atoms with Crippen LogP contribution in [0, 0.1) is 5.92 Å². The van der Waals surface area contributed by atoms with Gasteiger partial charge in [-0.3, -0.25) is 4.79 Å². The lowest BCUT2D eigenvalue weighted by Crippen LogP contribution is -2.40. The van der Waals surface area contributed by atoms with Crippen LogP contribution in [0.4, 0.5) is 0 Å². The number of ether oxygens (including phenoxy) is 3. The lowest BCUT2D eigenvalue weighted by molar-refractivity contribution is -0.164. The molecule has 0 radical (unpaired) electrons. The van der Waals surface area contributed by atoms with Gasteiger partial charge in [0, 0.05) is 6.42 Å². The van der Waals surface area contributed by atoms with E-state index in [9.17, 15) is 9.59 Å². The molecule has 0 saturated carbocycles. The topological polar surface area (TPSA) is 61.8 Å². The summed E-state index contributed by atoms with van der Waals surface area (Å²) in [6, 6.07) is 0. The van der Waals surface area contributed by atoms with E-state index in [2.05, 4.69) is 0 Å². The van der Waals surface area contributed by atoms with Crippen LogP contribution < -0.4 is 0 Å². The molecule has 2 aliphatic heterocycles. The zero-order valence-electron chi connectivity index (χ0n) is 12.0. The summed E-state index contributed by atoms with van der Waals surface area (Å²) in [6.07, 6.45) is 1.52. The van der Waals surface area contributed by atoms with Crippen molar-refractivity contribution in [3.63, 3.8) is 0 Å². The predicted molar refractivity (Wildman–Crippen MR) is 67.4 cm³/mol. The fraction of sp³-hybridized carbons (Fsp3) is 0.857. The van der Waals surface area contributed by atoms with Crippen LogP contribution in [0.5, 0.6) is 0 Å². The van der Waals surface area contributed by atoms with Crippen LogP contribution in [-0.4, -0.2) is 35.9 Å². The SMILES string of the molecule is CCOC(=O)[C@@]12CC[C@@H](O1)[C@@H](C(=O)OC(C)(C)C)C2. The van der Waals surface area contributed by atoms with Crippen LogP contribution in [-0.2, 0) is 23.8 Å². The molecule has 5 nitrogen and oxygen atoms in total. The zero-order valence-corrected chi connectivity index (χ0v) is 12.0. The Morgan fingerprint density at radius 1 is 1.37 bits per heavy atom. The molecular weight excluding hydrogens is 248 g/mol. The van der Waals surface area contributed by atoms with Gasteiger partial charge < -0.3 is 14.2 Å². The highest BCUT2D eigenvalue weighted by atomic mass is 16.6. The minimum Gasteiger partial charge on any atom is -0.464 e. The first-order valence-electron chi connectivity index (χ1n) is 6.85. The van der Waals surface area contributed by atoms with E-state index in [0.717, 1.165) is 0 Å². The van der Waals surface area contributed by atoms with E-state index in [4.69, 9.17) is 14.2 Å². The lowest BCUT2D eigenvalue weighted by atomic mass is 9.81. The first kappa shape index (κ1) is 14.3. The quantitative estimate of drug-likeness (QED) is 0.732. The average Bonchev–Trinajstić information content (AvgIpc) is 2.85. The van der Waals surface area contributed by atoms with Crippen molar-refractivity contribution in [2.24, 2.45) is 5.92 Å². The largest absolute Gasteiger partial charge is 0.464 e. The number of esters is 2. The minimum absolute atomic E-state index is 0.209. The van der Waals surface area contributed by atoms with Crippen molar-refractivity contribution in [3.05, 3.63) is 0 Å². The molecule has 0 amide bonds. The Balaban J connectivity index is 2.05. The first-order valence-corrected chi connectivity index (χ1v) is 6.85. The summed E-state index contributed by atoms with van der Waals surface area (Å²) < 4.78 is 16.2. The molecular formula is C14H22O5. The highest BCUT2D eigenvalue weighted by Crippen LogP contribution is 2.48. The van der Waals surface area contributed by atoms with Gasteiger partial charge in [0.25, 0.3) is 0 Å². The van der Waals surface area contributed by atoms with Gasteiger partial charge >= 0.3 is 11.9 Å². The molecule has 0 aromatic carbocycles. The molecule has 2 aliphatic rings. The number of hydrogen-bond acceptors (Lipinski definition) is 5. The van der Waals surface area contributed by atoms with Gasteiger partial charge in [-0.1, -0.05) is 0 Å². The van der Waals surface area contributed by atoms with E-state index in [0.29, 0.717) is 25.9 Å². The Morgan fingerprint density at radius 2 is 2.05 bits per heavy atom. The van der Waals surface area contributed by atoms with Gasteiger partial charge in [-0.05, 0) is 40.5 Å². The maximum atomic E-state index is 12.1. The molecule has 2 saturated heterocycles. The third kappa shape index (κ3) is 2.76. The van der Waals surface area contributed by atoms with Crippen molar-refractivity contribution in [3.8, 4) is 0 Å². The molecule has 0 aromatic heterocycles. The van der Waals surface area contributed by atoms with Crippen molar-refractivity contribution < 1.29 is 23.8 Å². The van der Waals surface area contributed by atoms with Crippen LogP contribution in [0.3, 0.4) is 0 Å². The second-order valence-electron chi connectivity index (χ2n) is 6.25. The van der Waals surface area contributed by atoms with Crippen LogP contribution >= 0.6 is 0 Å². The van der Waals surface area contributed by atoms with Crippen molar-refractivity contribution in [2.75, 3.05) is 6.61 Å². The predicted octanol–water partition coefficient (Wildman–Crippen LogP) is 1.83. The number of rotatable bonds is 3. The monoisotopic (exact) mass is 270 g/mol. The van der Waals surface area contributed by atoms with E-state index in [-0.39, 0.29) is 24.0 Å². The van der Waals surface area contributed by atoms with Crippen molar-refractivity contribution in [2.45, 2.75) is 64.3 Å². The molecule has 2 heterocycles. The number of carbonyl (C=O) groups excluding carboxylic acids is 2. The third-order valence-corrected chi connectivity index (χ3v) is 3.57.